The van der Waals surface area contributed by atoms with Crippen LogP contribution in [0.5, 0.6) is 0 Å². The second kappa shape index (κ2) is 4.94. The van der Waals surface area contributed by atoms with E-state index in [1.807, 2.05) is 21.1 Å². The lowest BCUT2D eigenvalue weighted by molar-refractivity contribution is -0.870. The summed E-state index contributed by atoms with van der Waals surface area (Å²) in [5.41, 5.74) is -0.337. The van der Waals surface area contributed by atoms with Crippen molar-refractivity contribution in [3.63, 3.8) is 0 Å². The lowest BCUT2D eigenvalue weighted by Gasteiger charge is -2.24. The second-order valence-corrected chi connectivity index (χ2v) is 6.04. The molecule has 0 aromatic heterocycles. The number of carboxylic acid groups (broad SMARTS) is 1. The second-order valence-electron chi connectivity index (χ2n) is 4.59. The number of hydrogen-bond donors (Lipinski definition) is 2. The molecule has 0 aliphatic rings. The fourth-order valence-electron chi connectivity index (χ4n) is 1.07. The number of aliphatic carboxylic acids is 1. The molecule has 0 atom stereocenters. The van der Waals surface area contributed by atoms with E-state index in [0.717, 1.165) is 0 Å². The fourth-order valence-corrected chi connectivity index (χ4v) is 1.89. The van der Waals surface area contributed by atoms with Crippen molar-refractivity contribution < 1.29 is 27.4 Å². The number of carbonyl (C=O) groups is 1. The Morgan fingerprint density at radius 1 is 1.25 bits per heavy atom. The molecule has 0 amide bonds. The zero-order valence-electron chi connectivity index (χ0n) is 9.89. The Balaban J connectivity index is 5.17. The number of rotatable bonds is 5. The van der Waals surface area contributed by atoms with Crippen molar-refractivity contribution in [1.82, 2.24) is 0 Å². The molecule has 0 aromatic carbocycles. The molecule has 16 heavy (non-hydrogen) atoms. The van der Waals surface area contributed by atoms with Crippen molar-refractivity contribution in [3.05, 3.63) is 10.5 Å². The maximum absolute atomic E-state index is 11.0. The summed E-state index contributed by atoms with van der Waals surface area (Å²) >= 11 is 0. The topological polar surface area (TPSA) is 91.7 Å². The molecule has 0 heterocycles. The summed E-state index contributed by atoms with van der Waals surface area (Å²) < 4.78 is 31.5. The van der Waals surface area contributed by atoms with Crippen molar-refractivity contribution in [2.24, 2.45) is 0 Å². The third kappa shape index (κ3) is 5.24. The first-order valence-electron chi connectivity index (χ1n) is 4.66. The highest BCUT2D eigenvalue weighted by Crippen LogP contribution is 2.16. The number of nitrogens with zero attached hydrogens (tertiary/aromatic N) is 1. The van der Waals surface area contributed by atoms with Gasteiger partial charge in [-0.05, 0) is 6.92 Å². The van der Waals surface area contributed by atoms with Crippen molar-refractivity contribution >= 4 is 16.1 Å². The molecule has 0 aromatic rings. The van der Waals surface area contributed by atoms with Gasteiger partial charge in [0, 0.05) is 6.42 Å². The lowest BCUT2D eigenvalue weighted by Crippen LogP contribution is -2.36. The molecule has 0 spiro atoms. The van der Waals surface area contributed by atoms with Crippen LogP contribution in [0.15, 0.2) is 10.5 Å². The Hall–Kier alpha value is -0.920. The predicted octanol–water partition coefficient (Wildman–Crippen LogP) is 0.329. The summed E-state index contributed by atoms with van der Waals surface area (Å²) in [5.74, 6) is -1.34. The van der Waals surface area contributed by atoms with Crippen LogP contribution in [0.1, 0.15) is 13.3 Å². The van der Waals surface area contributed by atoms with E-state index in [1.54, 1.807) is 0 Å². The van der Waals surface area contributed by atoms with Gasteiger partial charge in [0.25, 0.3) is 10.1 Å². The Morgan fingerprint density at radius 2 is 1.69 bits per heavy atom. The Bertz CT molecular complexity index is 402. The zero-order valence-corrected chi connectivity index (χ0v) is 10.7. The fraction of sp³-hybridized carbons (Fsp3) is 0.667. The summed E-state index contributed by atoms with van der Waals surface area (Å²) in [5, 5.41) is 8.71. The van der Waals surface area contributed by atoms with Crippen molar-refractivity contribution in [2.45, 2.75) is 13.3 Å². The molecule has 0 saturated carbocycles. The molecule has 0 unspecified atom stereocenters. The van der Waals surface area contributed by atoms with Gasteiger partial charge in [-0.1, -0.05) is 0 Å². The molecule has 94 valence electrons. The molecule has 0 saturated heterocycles. The quantitative estimate of drug-likeness (QED) is 0.418. The smallest absolute Gasteiger partial charge is 0.332 e. The van der Waals surface area contributed by atoms with Gasteiger partial charge in [0.15, 0.2) is 0 Å². The Labute approximate surface area is 95.5 Å². The first-order chi connectivity index (χ1) is 6.95. The predicted molar refractivity (Wildman–Crippen MR) is 59.4 cm³/mol. The highest BCUT2D eigenvalue weighted by Gasteiger charge is 2.23. The van der Waals surface area contributed by atoms with Crippen molar-refractivity contribution in [3.8, 4) is 0 Å². The summed E-state index contributed by atoms with van der Waals surface area (Å²) in [6.45, 7) is 1.58. The molecule has 0 aliphatic carbocycles. The van der Waals surface area contributed by atoms with Crippen LogP contribution in [0, 0.1) is 0 Å². The molecule has 0 rings (SSSR count). The molecule has 6 nitrogen and oxygen atoms in total. The summed E-state index contributed by atoms with van der Waals surface area (Å²) in [4.78, 5) is 10.3. The average molecular weight is 252 g/mol. The van der Waals surface area contributed by atoms with Gasteiger partial charge in [-0.3, -0.25) is 4.55 Å². The molecule has 0 radical (unpaired) electrons. The largest absolute Gasteiger partial charge is 0.478 e. The highest BCUT2D eigenvalue weighted by atomic mass is 32.2. The van der Waals surface area contributed by atoms with Gasteiger partial charge >= 0.3 is 5.97 Å². The van der Waals surface area contributed by atoms with E-state index in [9.17, 15) is 13.2 Å². The van der Waals surface area contributed by atoms with Gasteiger partial charge < -0.3 is 9.59 Å². The number of quaternary nitrogens is 1. The summed E-state index contributed by atoms with van der Waals surface area (Å²) in [6.07, 6.45) is 0.000463. The minimum atomic E-state index is -4.44. The summed E-state index contributed by atoms with van der Waals surface area (Å²) in [6, 6.07) is 0. The van der Waals surface area contributed by atoms with Crippen molar-refractivity contribution in [2.75, 3.05) is 27.7 Å². The van der Waals surface area contributed by atoms with E-state index in [0.29, 0.717) is 11.0 Å². The first-order valence-corrected chi connectivity index (χ1v) is 6.10. The zero-order chi connectivity index (χ0) is 13.1. The van der Waals surface area contributed by atoms with E-state index >= 15 is 0 Å². The van der Waals surface area contributed by atoms with E-state index < -0.39 is 21.0 Å². The van der Waals surface area contributed by atoms with E-state index in [-0.39, 0.29) is 12.0 Å². The van der Waals surface area contributed by atoms with Crippen LogP contribution in [-0.2, 0) is 14.9 Å². The normalized spacial score (nSPS) is 14.6. The van der Waals surface area contributed by atoms with Gasteiger partial charge in [-0.15, -0.1) is 0 Å². The van der Waals surface area contributed by atoms with Gasteiger partial charge in [0.05, 0.1) is 38.2 Å². The van der Waals surface area contributed by atoms with Crippen LogP contribution in [0.25, 0.3) is 0 Å². The van der Waals surface area contributed by atoms with Crippen LogP contribution >= 0.6 is 0 Å². The maximum atomic E-state index is 11.0. The lowest BCUT2D eigenvalue weighted by atomic mass is 10.2. The van der Waals surface area contributed by atoms with Crippen LogP contribution in [0.3, 0.4) is 0 Å². The van der Waals surface area contributed by atoms with Gasteiger partial charge in [0.1, 0.15) is 0 Å². The Kier molecular flexibility index (Phi) is 4.66. The van der Waals surface area contributed by atoms with E-state index in [4.69, 9.17) is 9.66 Å². The number of hydrogen-bond acceptors (Lipinski definition) is 3. The third-order valence-corrected chi connectivity index (χ3v) is 3.19. The molecule has 0 fully saturated rings. The SMILES string of the molecule is CC(C(=O)O)=C(CC[N+](C)(C)C)S(=O)(=O)O. The third-order valence-electron chi connectivity index (χ3n) is 2.06. The maximum Gasteiger partial charge on any atom is 0.332 e. The first kappa shape index (κ1) is 15.1. The van der Waals surface area contributed by atoms with Gasteiger partial charge in [-0.25, -0.2) is 4.79 Å². The monoisotopic (exact) mass is 252 g/mol. The molecular weight excluding hydrogens is 234 g/mol. The van der Waals surface area contributed by atoms with Gasteiger partial charge in [0.2, 0.25) is 0 Å². The van der Waals surface area contributed by atoms with Crippen LogP contribution < -0.4 is 0 Å². The molecule has 0 aliphatic heterocycles. The van der Waals surface area contributed by atoms with E-state index in [1.165, 1.54) is 6.92 Å². The summed E-state index contributed by atoms with van der Waals surface area (Å²) in [7, 11) is 1.09. The average Bonchev–Trinajstić information content (AvgIpc) is 1.98. The van der Waals surface area contributed by atoms with E-state index in [2.05, 4.69) is 0 Å². The van der Waals surface area contributed by atoms with Gasteiger partial charge in [-0.2, -0.15) is 8.42 Å². The minimum Gasteiger partial charge on any atom is -0.478 e. The molecule has 7 heteroatoms. The van der Waals surface area contributed by atoms with Crippen molar-refractivity contribution in [1.29, 1.82) is 0 Å². The Morgan fingerprint density at radius 3 is 1.94 bits per heavy atom. The van der Waals surface area contributed by atoms with Crippen LogP contribution in [0.4, 0.5) is 0 Å². The highest BCUT2D eigenvalue weighted by molar-refractivity contribution is 7.89. The molecule has 2 N–H and O–H groups in total. The van der Waals surface area contributed by atoms with Crippen LogP contribution in [-0.4, -0.2) is 56.2 Å². The molecular formula is C9H18NO5S+. The molecule has 0 bridgehead atoms. The minimum absolute atomic E-state index is 0.000463. The van der Waals surface area contributed by atoms with Crippen LogP contribution in [0.2, 0.25) is 0 Å². The standard InChI is InChI=1S/C9H17NO5S/c1-7(9(11)12)8(16(13,14)15)5-6-10(2,3)4/h5-6H2,1-4H3,(H-,11,12,13,14,15)/p+1. The number of carboxylic acids is 1.